The Bertz CT molecular complexity index is 455. The highest BCUT2D eigenvalue weighted by atomic mass is 14.4. The van der Waals surface area contributed by atoms with E-state index in [1.165, 1.54) is 82.6 Å². The lowest BCUT2D eigenvalue weighted by molar-refractivity contribution is 0.156. The van der Waals surface area contributed by atoms with Crippen LogP contribution < -0.4 is 0 Å². The summed E-state index contributed by atoms with van der Waals surface area (Å²) < 4.78 is 0. The van der Waals surface area contributed by atoms with Crippen LogP contribution in [0.5, 0.6) is 0 Å². The molecule has 0 spiro atoms. The number of benzene rings is 1. The maximum Gasteiger partial charge on any atom is -0.0162 e. The van der Waals surface area contributed by atoms with Crippen LogP contribution in [-0.4, -0.2) is 0 Å². The molecule has 0 bridgehead atoms. The van der Waals surface area contributed by atoms with Gasteiger partial charge in [0.1, 0.15) is 0 Å². The van der Waals surface area contributed by atoms with E-state index in [-0.39, 0.29) is 0 Å². The van der Waals surface area contributed by atoms with Gasteiger partial charge < -0.3 is 0 Å². The van der Waals surface area contributed by atoms with E-state index in [0.717, 1.165) is 23.7 Å². The van der Waals surface area contributed by atoms with Gasteiger partial charge in [-0.3, -0.25) is 0 Å². The lowest BCUT2D eigenvalue weighted by Gasteiger charge is -2.38. The van der Waals surface area contributed by atoms with E-state index in [1.54, 1.807) is 5.56 Å². The van der Waals surface area contributed by atoms with Gasteiger partial charge in [-0.1, -0.05) is 70.2 Å². The average Bonchev–Trinajstić information content (AvgIpc) is 2.64. The Hall–Kier alpha value is -0.780. The second-order valence-electron chi connectivity index (χ2n) is 8.67. The molecule has 3 rings (SSSR count). The molecule has 0 heteroatoms. The lowest BCUT2D eigenvalue weighted by Crippen LogP contribution is -2.25. The van der Waals surface area contributed by atoms with Crippen molar-refractivity contribution in [2.75, 3.05) is 0 Å². The Morgan fingerprint density at radius 2 is 1.29 bits per heavy atom. The van der Waals surface area contributed by atoms with Crippen molar-refractivity contribution in [1.29, 1.82) is 0 Å². The second-order valence-corrected chi connectivity index (χ2v) is 8.67. The fraction of sp³-hybridized carbons (Fsp3) is 0.750. The molecule has 2 aliphatic carbocycles. The third kappa shape index (κ3) is 4.64. The maximum atomic E-state index is 2.42. The van der Waals surface area contributed by atoms with Gasteiger partial charge in [-0.15, -0.1) is 0 Å². The largest absolute Gasteiger partial charge is 0.0654 e. The van der Waals surface area contributed by atoms with Crippen LogP contribution in [0.1, 0.15) is 102 Å². The zero-order valence-corrected chi connectivity index (χ0v) is 16.1. The van der Waals surface area contributed by atoms with Crippen molar-refractivity contribution in [1.82, 2.24) is 0 Å². The Kier molecular flexibility index (Phi) is 6.81. The molecule has 1 aromatic rings. The normalized spacial score (nSPS) is 31.1. The first kappa shape index (κ1) is 18.0. The summed E-state index contributed by atoms with van der Waals surface area (Å²) in [5.41, 5.74) is 3.12. The summed E-state index contributed by atoms with van der Waals surface area (Å²) >= 11 is 0. The summed E-state index contributed by atoms with van der Waals surface area (Å²) in [6, 6.07) is 9.59. The first-order chi connectivity index (χ1) is 11.8. The zero-order valence-electron chi connectivity index (χ0n) is 16.1. The molecule has 0 saturated heterocycles. The van der Waals surface area contributed by atoms with Gasteiger partial charge in [0.15, 0.2) is 0 Å². The van der Waals surface area contributed by atoms with Crippen LogP contribution in [0.4, 0.5) is 0 Å². The van der Waals surface area contributed by atoms with Gasteiger partial charge in [0.05, 0.1) is 0 Å². The summed E-state index contributed by atoms with van der Waals surface area (Å²) in [5.74, 6) is 4.01. The first-order valence-electron chi connectivity index (χ1n) is 10.9. The predicted molar refractivity (Wildman–Crippen MR) is 105 cm³/mol. The second kappa shape index (κ2) is 9.07. The third-order valence-corrected chi connectivity index (χ3v) is 7.02. The lowest BCUT2D eigenvalue weighted by atomic mass is 9.68. The van der Waals surface area contributed by atoms with Crippen LogP contribution in [-0.2, 0) is 6.42 Å². The van der Waals surface area contributed by atoms with E-state index < -0.39 is 0 Å². The minimum atomic E-state index is 0.841. The Morgan fingerprint density at radius 1 is 0.708 bits per heavy atom. The van der Waals surface area contributed by atoms with E-state index >= 15 is 0 Å². The predicted octanol–water partition coefficient (Wildman–Crippen LogP) is 7.52. The molecule has 0 aliphatic heterocycles. The number of aryl methyl sites for hydroxylation is 1. The smallest absolute Gasteiger partial charge is 0.0162 e. The highest BCUT2D eigenvalue weighted by Gasteiger charge is 2.30. The average molecular weight is 327 g/mol. The fourth-order valence-corrected chi connectivity index (χ4v) is 5.53. The molecule has 1 aromatic carbocycles. The van der Waals surface area contributed by atoms with Crippen LogP contribution >= 0.6 is 0 Å². The van der Waals surface area contributed by atoms with Crippen molar-refractivity contribution in [3.8, 4) is 0 Å². The van der Waals surface area contributed by atoms with Crippen molar-refractivity contribution in [2.45, 2.75) is 96.8 Å². The monoisotopic (exact) mass is 326 g/mol. The van der Waals surface area contributed by atoms with Crippen molar-refractivity contribution >= 4 is 0 Å². The minimum Gasteiger partial charge on any atom is -0.0654 e. The molecule has 0 amide bonds. The van der Waals surface area contributed by atoms with E-state index in [0.29, 0.717) is 0 Å². The number of hydrogen-bond donors (Lipinski definition) is 0. The van der Waals surface area contributed by atoms with Crippen molar-refractivity contribution in [3.63, 3.8) is 0 Å². The van der Waals surface area contributed by atoms with Crippen LogP contribution in [0.15, 0.2) is 24.3 Å². The molecule has 134 valence electrons. The molecule has 2 saturated carbocycles. The zero-order chi connectivity index (χ0) is 16.8. The summed E-state index contributed by atoms with van der Waals surface area (Å²) in [6.07, 6.45) is 17.3. The Morgan fingerprint density at radius 3 is 1.83 bits per heavy atom. The quantitative estimate of drug-likeness (QED) is 0.507. The molecular weight excluding hydrogens is 288 g/mol. The molecule has 24 heavy (non-hydrogen) atoms. The van der Waals surface area contributed by atoms with Gasteiger partial charge in [-0.05, 0) is 79.7 Å². The summed E-state index contributed by atoms with van der Waals surface area (Å²) in [7, 11) is 0. The molecule has 2 fully saturated rings. The van der Waals surface area contributed by atoms with Crippen LogP contribution in [0.3, 0.4) is 0 Å². The van der Waals surface area contributed by atoms with Crippen LogP contribution in [0, 0.1) is 17.8 Å². The first-order valence-corrected chi connectivity index (χ1v) is 10.9. The van der Waals surface area contributed by atoms with Crippen LogP contribution in [0.25, 0.3) is 0 Å². The van der Waals surface area contributed by atoms with Gasteiger partial charge in [-0.25, -0.2) is 0 Å². The molecule has 0 N–H and O–H groups in total. The number of hydrogen-bond acceptors (Lipinski definition) is 0. The fourth-order valence-electron chi connectivity index (χ4n) is 5.53. The molecule has 0 heterocycles. The minimum absolute atomic E-state index is 0.841. The molecule has 0 atom stereocenters. The topological polar surface area (TPSA) is 0 Å². The van der Waals surface area contributed by atoms with E-state index in [2.05, 4.69) is 38.1 Å². The highest BCUT2D eigenvalue weighted by Crippen LogP contribution is 2.44. The Balaban J connectivity index is 1.45. The summed E-state index contributed by atoms with van der Waals surface area (Å²) in [6.45, 7) is 4.62. The summed E-state index contributed by atoms with van der Waals surface area (Å²) in [5, 5.41) is 0. The summed E-state index contributed by atoms with van der Waals surface area (Å²) in [4.78, 5) is 0. The van der Waals surface area contributed by atoms with Gasteiger partial charge in [0, 0.05) is 0 Å². The number of rotatable bonds is 6. The molecule has 0 nitrogen and oxygen atoms in total. The molecule has 0 aromatic heterocycles. The molecule has 2 aliphatic rings. The molecule has 0 radical (unpaired) electrons. The van der Waals surface area contributed by atoms with E-state index in [4.69, 9.17) is 0 Å². The Labute approximate surface area is 150 Å². The van der Waals surface area contributed by atoms with Gasteiger partial charge in [0.2, 0.25) is 0 Å². The van der Waals surface area contributed by atoms with E-state index in [1.807, 2.05) is 0 Å². The van der Waals surface area contributed by atoms with Gasteiger partial charge >= 0.3 is 0 Å². The van der Waals surface area contributed by atoms with Crippen molar-refractivity contribution < 1.29 is 0 Å². The van der Waals surface area contributed by atoms with E-state index in [9.17, 15) is 0 Å². The van der Waals surface area contributed by atoms with Crippen molar-refractivity contribution in [3.05, 3.63) is 35.4 Å². The molecular formula is C24H38. The standard InChI is InChI=1S/C24H38/c1-3-5-19-7-11-21(12-8-19)23-15-17-24(18-16-23)22-13-9-20(6-4-2)10-14-22/h7-8,11-12,20,22-24H,3-6,9-10,13-18H2,1-2H3/t20-,22-,23?,24?. The third-order valence-electron chi connectivity index (χ3n) is 7.02. The van der Waals surface area contributed by atoms with Gasteiger partial charge in [-0.2, -0.15) is 0 Å². The molecule has 0 unspecified atom stereocenters. The SMILES string of the molecule is CCCc1ccc(C2CCC([C@H]3CC[C@H](CCC)CC3)CC2)cc1. The van der Waals surface area contributed by atoms with Crippen molar-refractivity contribution in [2.24, 2.45) is 17.8 Å². The maximum absolute atomic E-state index is 2.42. The van der Waals surface area contributed by atoms with Crippen LogP contribution in [0.2, 0.25) is 0 Å². The highest BCUT2D eigenvalue weighted by molar-refractivity contribution is 5.26. The van der Waals surface area contributed by atoms with Gasteiger partial charge in [0.25, 0.3) is 0 Å².